The second-order valence-electron chi connectivity index (χ2n) is 5.43. The minimum atomic E-state index is -0.288. The molecule has 1 atom stereocenters. The molecule has 0 spiro atoms. The number of halogens is 1. The summed E-state index contributed by atoms with van der Waals surface area (Å²) in [6, 6.07) is 6.40. The molecule has 1 aromatic carbocycles. The highest BCUT2D eigenvalue weighted by Gasteiger charge is 2.34. The second-order valence-corrected chi connectivity index (χ2v) is 5.43. The molecule has 1 unspecified atom stereocenters. The van der Waals surface area contributed by atoms with Crippen LogP contribution in [0.1, 0.15) is 26.2 Å². The monoisotopic (exact) mass is 264 g/mol. The molecule has 0 radical (unpaired) electrons. The lowest BCUT2D eigenvalue weighted by Gasteiger charge is -2.17. The van der Waals surface area contributed by atoms with Crippen molar-refractivity contribution in [2.24, 2.45) is 0 Å². The van der Waals surface area contributed by atoms with Crippen molar-refractivity contribution in [2.45, 2.75) is 38.3 Å². The van der Waals surface area contributed by atoms with Crippen LogP contribution in [-0.4, -0.2) is 36.7 Å². The zero-order chi connectivity index (χ0) is 13.2. The molecule has 2 aliphatic rings. The molecule has 1 aliphatic carbocycles. The first-order valence-electron chi connectivity index (χ1n) is 7.19. The van der Waals surface area contributed by atoms with E-state index < -0.39 is 0 Å². The Kier molecular flexibility index (Phi) is 3.60. The maximum Gasteiger partial charge on any atom is 0.167 e. The minimum Gasteiger partial charge on any atom is -0.491 e. The maximum atomic E-state index is 13.8. The zero-order valence-corrected chi connectivity index (χ0v) is 11.4. The van der Waals surface area contributed by atoms with Crippen molar-refractivity contribution < 1.29 is 9.13 Å². The summed E-state index contributed by atoms with van der Waals surface area (Å²) in [4.78, 5) is 2.54. The van der Waals surface area contributed by atoms with Gasteiger partial charge in [-0.1, -0.05) is 0 Å². The summed E-state index contributed by atoms with van der Waals surface area (Å²) in [5, 5.41) is 3.43. The molecule has 1 N–H and O–H groups in total. The fraction of sp³-hybridized carbons (Fsp3) is 0.600. The Balaban J connectivity index is 1.59. The van der Waals surface area contributed by atoms with Gasteiger partial charge in [0, 0.05) is 36.9 Å². The van der Waals surface area contributed by atoms with Gasteiger partial charge in [0.15, 0.2) is 11.6 Å². The van der Waals surface area contributed by atoms with Gasteiger partial charge in [-0.2, -0.15) is 0 Å². The number of anilines is 1. The molecule has 104 valence electrons. The number of ether oxygens (including phenoxy) is 1. The van der Waals surface area contributed by atoms with Crippen LogP contribution < -0.4 is 10.1 Å². The molecule has 3 nitrogen and oxygen atoms in total. The maximum absolute atomic E-state index is 13.8. The van der Waals surface area contributed by atoms with E-state index in [1.54, 1.807) is 6.07 Å². The van der Waals surface area contributed by atoms with Gasteiger partial charge in [-0.05, 0) is 38.3 Å². The van der Waals surface area contributed by atoms with Crippen LogP contribution >= 0.6 is 0 Å². The summed E-state index contributed by atoms with van der Waals surface area (Å²) in [6.45, 7) is 4.60. The van der Waals surface area contributed by atoms with Crippen molar-refractivity contribution in [1.82, 2.24) is 4.90 Å². The Hall–Kier alpha value is -1.29. The van der Waals surface area contributed by atoms with Crippen molar-refractivity contribution in [3.05, 3.63) is 24.0 Å². The number of nitrogens with zero attached hydrogens (tertiary/aromatic N) is 1. The number of hydrogen-bond donors (Lipinski definition) is 1. The molecule has 19 heavy (non-hydrogen) atoms. The van der Waals surface area contributed by atoms with E-state index >= 15 is 0 Å². The summed E-state index contributed by atoms with van der Waals surface area (Å²) in [5.41, 5.74) is 0.851. The fourth-order valence-electron chi connectivity index (χ4n) is 2.78. The van der Waals surface area contributed by atoms with Gasteiger partial charge in [-0.25, -0.2) is 4.39 Å². The van der Waals surface area contributed by atoms with Gasteiger partial charge in [0.05, 0.1) is 6.61 Å². The first-order valence-corrected chi connectivity index (χ1v) is 7.19. The van der Waals surface area contributed by atoms with Crippen LogP contribution in [0.5, 0.6) is 5.75 Å². The molecule has 0 amide bonds. The quantitative estimate of drug-likeness (QED) is 0.885. The van der Waals surface area contributed by atoms with Gasteiger partial charge in [0.1, 0.15) is 0 Å². The SMILES string of the molecule is CCOc1ccc(NC2CCN(C3CC3)C2)cc1F. The number of nitrogens with one attached hydrogen (secondary N) is 1. The van der Waals surface area contributed by atoms with Crippen LogP contribution in [0.3, 0.4) is 0 Å². The van der Waals surface area contributed by atoms with Gasteiger partial charge < -0.3 is 10.1 Å². The molecule has 1 heterocycles. The summed E-state index contributed by atoms with van der Waals surface area (Å²) < 4.78 is 19.0. The molecular weight excluding hydrogens is 243 g/mol. The predicted molar refractivity (Wildman–Crippen MR) is 74.2 cm³/mol. The Morgan fingerprint density at radius 1 is 1.37 bits per heavy atom. The van der Waals surface area contributed by atoms with Crippen molar-refractivity contribution in [3.63, 3.8) is 0 Å². The van der Waals surface area contributed by atoms with E-state index in [4.69, 9.17) is 4.74 Å². The van der Waals surface area contributed by atoms with Crippen LogP contribution in [0.4, 0.5) is 10.1 Å². The van der Waals surface area contributed by atoms with E-state index in [9.17, 15) is 4.39 Å². The summed E-state index contributed by atoms with van der Waals surface area (Å²) in [7, 11) is 0. The van der Waals surface area contributed by atoms with E-state index in [1.807, 2.05) is 13.0 Å². The lowest BCUT2D eigenvalue weighted by Crippen LogP contribution is -2.27. The van der Waals surface area contributed by atoms with Crippen molar-refractivity contribution >= 4 is 5.69 Å². The lowest BCUT2D eigenvalue weighted by atomic mass is 10.2. The van der Waals surface area contributed by atoms with Gasteiger partial charge in [-0.3, -0.25) is 4.90 Å². The van der Waals surface area contributed by atoms with Crippen LogP contribution in [0.2, 0.25) is 0 Å². The highest BCUT2D eigenvalue weighted by Crippen LogP contribution is 2.31. The van der Waals surface area contributed by atoms with Crippen molar-refractivity contribution in [3.8, 4) is 5.75 Å². The molecule has 1 saturated carbocycles. The third-order valence-corrected chi connectivity index (χ3v) is 3.89. The summed E-state index contributed by atoms with van der Waals surface area (Å²) in [6.07, 6.45) is 3.85. The van der Waals surface area contributed by atoms with E-state index in [0.29, 0.717) is 18.4 Å². The molecule has 0 bridgehead atoms. The number of likely N-dealkylation sites (tertiary alicyclic amines) is 1. The van der Waals surface area contributed by atoms with E-state index in [-0.39, 0.29) is 5.82 Å². The Morgan fingerprint density at radius 2 is 2.21 bits per heavy atom. The minimum absolute atomic E-state index is 0.288. The normalized spacial score (nSPS) is 23.6. The predicted octanol–water partition coefficient (Wildman–Crippen LogP) is 2.87. The molecule has 4 heteroatoms. The van der Waals surface area contributed by atoms with Crippen LogP contribution in [0, 0.1) is 5.82 Å². The molecular formula is C15H21FN2O. The molecule has 1 aliphatic heterocycles. The number of benzene rings is 1. The van der Waals surface area contributed by atoms with Gasteiger partial charge >= 0.3 is 0 Å². The van der Waals surface area contributed by atoms with Gasteiger partial charge in [-0.15, -0.1) is 0 Å². The van der Waals surface area contributed by atoms with Gasteiger partial charge in [0.25, 0.3) is 0 Å². The van der Waals surface area contributed by atoms with E-state index in [0.717, 1.165) is 24.7 Å². The summed E-state index contributed by atoms with van der Waals surface area (Å²) >= 11 is 0. The van der Waals surface area contributed by atoms with Crippen LogP contribution in [0.25, 0.3) is 0 Å². The average Bonchev–Trinajstić information content (AvgIpc) is 3.14. The molecule has 0 aromatic heterocycles. The first-order chi connectivity index (χ1) is 9.26. The fourth-order valence-corrected chi connectivity index (χ4v) is 2.78. The zero-order valence-electron chi connectivity index (χ0n) is 11.4. The summed E-state index contributed by atoms with van der Waals surface area (Å²) in [5.74, 6) is 0.0444. The highest BCUT2D eigenvalue weighted by molar-refractivity contribution is 5.48. The Labute approximate surface area is 113 Å². The van der Waals surface area contributed by atoms with Crippen LogP contribution in [-0.2, 0) is 0 Å². The van der Waals surface area contributed by atoms with Crippen molar-refractivity contribution in [1.29, 1.82) is 0 Å². The topological polar surface area (TPSA) is 24.5 Å². The molecule has 3 rings (SSSR count). The third kappa shape index (κ3) is 3.00. The Bertz CT molecular complexity index is 448. The standard InChI is InChI=1S/C15H21FN2O/c1-2-19-15-6-3-11(9-14(15)16)17-12-7-8-18(10-12)13-4-5-13/h3,6,9,12-13,17H,2,4-5,7-8,10H2,1H3. The largest absolute Gasteiger partial charge is 0.491 e. The first kappa shape index (κ1) is 12.7. The molecule has 2 fully saturated rings. The highest BCUT2D eigenvalue weighted by atomic mass is 19.1. The lowest BCUT2D eigenvalue weighted by molar-refractivity contribution is 0.321. The molecule has 1 aromatic rings. The number of hydrogen-bond acceptors (Lipinski definition) is 3. The van der Waals surface area contributed by atoms with Crippen molar-refractivity contribution in [2.75, 3.05) is 25.0 Å². The molecule has 1 saturated heterocycles. The number of rotatable bonds is 5. The third-order valence-electron chi connectivity index (χ3n) is 3.89. The van der Waals surface area contributed by atoms with E-state index in [2.05, 4.69) is 10.2 Å². The van der Waals surface area contributed by atoms with E-state index in [1.165, 1.54) is 25.5 Å². The second kappa shape index (κ2) is 5.37. The smallest absolute Gasteiger partial charge is 0.167 e. The Morgan fingerprint density at radius 3 is 2.89 bits per heavy atom. The average molecular weight is 264 g/mol. The van der Waals surface area contributed by atoms with Crippen LogP contribution in [0.15, 0.2) is 18.2 Å². The van der Waals surface area contributed by atoms with Gasteiger partial charge in [0.2, 0.25) is 0 Å².